The third-order valence-corrected chi connectivity index (χ3v) is 3.12. The summed E-state index contributed by atoms with van der Waals surface area (Å²) in [6.07, 6.45) is 1.66. The summed E-state index contributed by atoms with van der Waals surface area (Å²) in [6, 6.07) is 1.79. The summed E-state index contributed by atoms with van der Waals surface area (Å²) < 4.78 is 0. The van der Waals surface area contributed by atoms with Gasteiger partial charge in [-0.25, -0.2) is 4.98 Å². The second-order valence-electron chi connectivity index (χ2n) is 4.84. The Labute approximate surface area is 107 Å². The highest BCUT2D eigenvalue weighted by molar-refractivity contribution is 6.02. The molecule has 1 aromatic heterocycles. The van der Waals surface area contributed by atoms with Crippen molar-refractivity contribution < 1.29 is 10.3 Å². The van der Waals surface area contributed by atoms with Gasteiger partial charge in [0.05, 0.1) is 17.7 Å². The van der Waals surface area contributed by atoms with Crippen molar-refractivity contribution in [1.82, 2.24) is 4.98 Å². The molecule has 18 heavy (non-hydrogen) atoms. The van der Waals surface area contributed by atoms with Gasteiger partial charge in [0.1, 0.15) is 5.82 Å². The molecule has 0 atom stereocenters. The number of aryl methyl sites for hydroxylation is 1. The molecule has 0 fully saturated rings. The summed E-state index contributed by atoms with van der Waals surface area (Å²) in [6.45, 7) is 5.59. The molecule has 0 saturated heterocycles. The third kappa shape index (κ3) is 2.53. The van der Waals surface area contributed by atoms with Gasteiger partial charge in [0, 0.05) is 13.2 Å². The molecule has 0 radical (unpaired) electrons. The van der Waals surface area contributed by atoms with E-state index in [2.05, 4.69) is 10.1 Å². The Morgan fingerprint density at radius 2 is 2.17 bits per heavy atom. The van der Waals surface area contributed by atoms with Crippen LogP contribution >= 0.6 is 0 Å². The number of likely N-dealkylation sites (N-methyl/N-ethyl adjacent to an activating group) is 1. The first-order valence-electron chi connectivity index (χ1n) is 5.63. The summed E-state index contributed by atoms with van der Waals surface area (Å²) in [4.78, 5) is 6.08. The summed E-state index contributed by atoms with van der Waals surface area (Å²) in [5.74, 6) is 0.584. The predicted octanol–water partition coefficient (Wildman–Crippen LogP) is 0.692. The van der Waals surface area contributed by atoms with Crippen molar-refractivity contribution in [3.63, 3.8) is 0 Å². The number of hydrogen-bond donors (Lipinski definition) is 3. The van der Waals surface area contributed by atoms with E-state index >= 15 is 0 Å². The Morgan fingerprint density at radius 3 is 2.67 bits per heavy atom. The maximum atomic E-state index is 9.40. The molecule has 0 amide bonds. The molecule has 0 bridgehead atoms. The zero-order chi connectivity index (χ0) is 13.9. The lowest BCUT2D eigenvalue weighted by Gasteiger charge is -2.36. The second-order valence-corrected chi connectivity index (χ2v) is 4.84. The maximum absolute atomic E-state index is 9.40. The topological polar surface area (TPSA) is 95.0 Å². The molecule has 4 N–H and O–H groups in total. The second kappa shape index (κ2) is 5.22. The molecule has 6 heteroatoms. The largest absolute Gasteiger partial charge is 0.409 e. The Kier molecular flexibility index (Phi) is 4.13. The van der Waals surface area contributed by atoms with Gasteiger partial charge in [-0.2, -0.15) is 0 Å². The van der Waals surface area contributed by atoms with Gasteiger partial charge in [-0.05, 0) is 32.4 Å². The summed E-state index contributed by atoms with van der Waals surface area (Å²) in [5, 5.41) is 21.3. The van der Waals surface area contributed by atoms with Crippen LogP contribution < -0.4 is 10.6 Å². The van der Waals surface area contributed by atoms with Crippen molar-refractivity contribution in [3.8, 4) is 0 Å². The fourth-order valence-electron chi connectivity index (χ4n) is 1.56. The van der Waals surface area contributed by atoms with Gasteiger partial charge in [-0.3, -0.25) is 0 Å². The third-order valence-electron chi connectivity index (χ3n) is 3.12. The van der Waals surface area contributed by atoms with Gasteiger partial charge < -0.3 is 20.9 Å². The number of rotatable bonds is 4. The van der Waals surface area contributed by atoms with Gasteiger partial charge in [-0.1, -0.05) is 5.16 Å². The number of nitrogens with zero attached hydrogens (tertiary/aromatic N) is 3. The monoisotopic (exact) mass is 252 g/mol. The maximum Gasteiger partial charge on any atom is 0.174 e. The van der Waals surface area contributed by atoms with Gasteiger partial charge in [0.15, 0.2) is 5.84 Å². The number of oxime groups is 1. The van der Waals surface area contributed by atoms with Crippen LogP contribution in [-0.2, 0) is 0 Å². The van der Waals surface area contributed by atoms with E-state index in [-0.39, 0.29) is 12.4 Å². The molecule has 1 aromatic rings. The van der Waals surface area contributed by atoms with Crippen molar-refractivity contribution in [2.24, 2.45) is 10.9 Å². The molecule has 0 aromatic carbocycles. The van der Waals surface area contributed by atoms with Crippen LogP contribution in [0.1, 0.15) is 25.0 Å². The van der Waals surface area contributed by atoms with E-state index in [9.17, 15) is 5.11 Å². The lowest BCUT2D eigenvalue weighted by atomic mass is 10.0. The normalized spacial score (nSPS) is 12.6. The molecule has 0 spiro atoms. The SMILES string of the molecule is Cc1ccnc(N(C)C(C)(C)CO)c1/C(N)=N/O. The average Bonchev–Trinajstić information content (AvgIpc) is 2.36. The molecule has 1 rings (SSSR count). The summed E-state index contributed by atoms with van der Waals surface area (Å²) in [5.41, 5.74) is 6.62. The lowest BCUT2D eigenvalue weighted by molar-refractivity contribution is 0.215. The van der Waals surface area contributed by atoms with E-state index in [0.717, 1.165) is 5.56 Å². The Bertz CT molecular complexity index is 457. The van der Waals surface area contributed by atoms with E-state index < -0.39 is 5.54 Å². The molecule has 0 unspecified atom stereocenters. The molecule has 6 nitrogen and oxygen atoms in total. The van der Waals surface area contributed by atoms with Crippen LogP contribution in [0.5, 0.6) is 0 Å². The van der Waals surface area contributed by atoms with E-state index in [1.807, 2.05) is 32.7 Å². The first-order valence-corrected chi connectivity index (χ1v) is 5.63. The number of hydrogen-bond acceptors (Lipinski definition) is 5. The van der Waals surface area contributed by atoms with Crippen molar-refractivity contribution >= 4 is 11.7 Å². The fourth-order valence-corrected chi connectivity index (χ4v) is 1.56. The number of amidine groups is 1. The number of nitrogens with two attached hydrogens (primary N) is 1. The van der Waals surface area contributed by atoms with Crippen LogP contribution in [0, 0.1) is 6.92 Å². The van der Waals surface area contributed by atoms with Crippen molar-refractivity contribution in [3.05, 3.63) is 23.4 Å². The molecule has 0 aliphatic heterocycles. The summed E-state index contributed by atoms with van der Waals surface area (Å²) in [7, 11) is 1.81. The highest BCUT2D eigenvalue weighted by Gasteiger charge is 2.27. The number of anilines is 1. The van der Waals surface area contributed by atoms with Gasteiger partial charge >= 0.3 is 0 Å². The van der Waals surface area contributed by atoms with E-state index in [1.165, 1.54) is 0 Å². The highest BCUT2D eigenvalue weighted by atomic mass is 16.4. The number of aliphatic hydroxyl groups excluding tert-OH is 1. The van der Waals surface area contributed by atoms with Crippen LogP contribution in [0.4, 0.5) is 5.82 Å². The zero-order valence-electron chi connectivity index (χ0n) is 11.2. The Hall–Kier alpha value is -1.82. The van der Waals surface area contributed by atoms with Gasteiger partial charge in [0.2, 0.25) is 0 Å². The van der Waals surface area contributed by atoms with Crippen LogP contribution in [0.25, 0.3) is 0 Å². The minimum Gasteiger partial charge on any atom is -0.409 e. The Balaban J connectivity index is 3.38. The molecule has 0 saturated carbocycles. The van der Waals surface area contributed by atoms with Gasteiger partial charge in [-0.15, -0.1) is 0 Å². The first-order chi connectivity index (χ1) is 8.35. The van der Waals surface area contributed by atoms with Crippen molar-refractivity contribution in [1.29, 1.82) is 0 Å². The van der Waals surface area contributed by atoms with Crippen LogP contribution in [-0.4, -0.2) is 40.3 Å². The minimum atomic E-state index is -0.495. The van der Waals surface area contributed by atoms with E-state index in [4.69, 9.17) is 10.9 Å². The van der Waals surface area contributed by atoms with E-state index in [0.29, 0.717) is 11.4 Å². The van der Waals surface area contributed by atoms with Crippen molar-refractivity contribution in [2.45, 2.75) is 26.3 Å². The van der Waals surface area contributed by atoms with E-state index in [1.54, 1.807) is 12.3 Å². The van der Waals surface area contributed by atoms with Crippen LogP contribution in [0.15, 0.2) is 17.4 Å². The van der Waals surface area contributed by atoms with Gasteiger partial charge in [0.25, 0.3) is 0 Å². The zero-order valence-corrected chi connectivity index (χ0v) is 11.2. The summed E-state index contributed by atoms with van der Waals surface area (Å²) >= 11 is 0. The quantitative estimate of drug-likeness (QED) is 0.317. The predicted molar refractivity (Wildman–Crippen MR) is 71.1 cm³/mol. The molecular weight excluding hydrogens is 232 g/mol. The number of pyridine rings is 1. The highest BCUT2D eigenvalue weighted by Crippen LogP contribution is 2.25. The Morgan fingerprint density at radius 1 is 1.56 bits per heavy atom. The average molecular weight is 252 g/mol. The first kappa shape index (κ1) is 14.2. The lowest BCUT2D eigenvalue weighted by Crippen LogP contribution is -2.45. The van der Waals surface area contributed by atoms with Crippen LogP contribution in [0.3, 0.4) is 0 Å². The molecule has 1 heterocycles. The molecular formula is C12H20N4O2. The molecule has 0 aliphatic rings. The number of aliphatic hydroxyl groups is 1. The smallest absolute Gasteiger partial charge is 0.174 e. The standard InChI is InChI=1S/C12H20N4O2/c1-8-5-6-14-11(9(8)10(13)15-18)16(4)12(2,3)7-17/h5-6,17-18H,7H2,1-4H3,(H2,13,15). The molecule has 0 aliphatic carbocycles. The van der Waals surface area contributed by atoms with Crippen LogP contribution in [0.2, 0.25) is 0 Å². The fraction of sp³-hybridized carbons (Fsp3) is 0.500. The number of aromatic nitrogens is 1. The minimum absolute atomic E-state index is 0.0104. The molecule has 100 valence electrons. The van der Waals surface area contributed by atoms with Crippen molar-refractivity contribution in [2.75, 3.05) is 18.6 Å².